The summed E-state index contributed by atoms with van der Waals surface area (Å²) in [5.41, 5.74) is 9.24. The molecule has 1 nitrogen and oxygen atoms in total. The number of fused-ring (bicyclic) bond motifs is 7. The standard InChI is InChI=1S/C46H28O/c1-3-15-33-29(11-1)13-9-20-35(33)31-23-25-40-42(27-31)45(32-24-26-44-41(28-32)36-17-7-8-22-43(36)47-44)38-18-5-6-19-39(38)46(40)37-21-10-14-30-12-2-4-16-34(30)37/h1-28H. The lowest BCUT2D eigenvalue weighted by molar-refractivity contribution is 0.669. The first-order valence-corrected chi connectivity index (χ1v) is 16.2. The van der Waals surface area contributed by atoms with Gasteiger partial charge in [0.05, 0.1) is 0 Å². The Hall–Kier alpha value is -6.18. The summed E-state index contributed by atoms with van der Waals surface area (Å²) in [6.07, 6.45) is 0. The van der Waals surface area contributed by atoms with Crippen molar-refractivity contribution in [1.29, 1.82) is 0 Å². The molecule has 10 rings (SSSR count). The Morgan fingerprint density at radius 1 is 0.277 bits per heavy atom. The Morgan fingerprint density at radius 2 is 0.787 bits per heavy atom. The van der Waals surface area contributed by atoms with Gasteiger partial charge < -0.3 is 4.42 Å². The van der Waals surface area contributed by atoms with E-state index in [4.69, 9.17) is 4.42 Å². The van der Waals surface area contributed by atoms with E-state index in [0.717, 1.165) is 21.9 Å². The van der Waals surface area contributed by atoms with Crippen LogP contribution < -0.4 is 0 Å². The van der Waals surface area contributed by atoms with E-state index in [9.17, 15) is 0 Å². The van der Waals surface area contributed by atoms with Crippen molar-refractivity contribution < 1.29 is 4.42 Å². The quantitative estimate of drug-likeness (QED) is 0.185. The third kappa shape index (κ3) is 3.97. The van der Waals surface area contributed by atoms with Gasteiger partial charge in [-0.25, -0.2) is 0 Å². The predicted octanol–water partition coefficient (Wildman–Crippen LogP) is 13.2. The molecular formula is C46H28O. The fraction of sp³-hybridized carbons (Fsp3) is 0. The van der Waals surface area contributed by atoms with E-state index in [1.54, 1.807) is 0 Å². The second-order valence-electron chi connectivity index (χ2n) is 12.4. The van der Waals surface area contributed by atoms with Gasteiger partial charge in [0, 0.05) is 10.8 Å². The Bertz CT molecular complexity index is 2840. The molecule has 0 amide bonds. The Labute approximate surface area is 271 Å². The first kappa shape index (κ1) is 26.1. The lowest BCUT2D eigenvalue weighted by Crippen LogP contribution is -1.92. The summed E-state index contributed by atoms with van der Waals surface area (Å²) in [7, 11) is 0. The van der Waals surface area contributed by atoms with E-state index in [1.807, 2.05) is 6.07 Å². The first-order valence-electron chi connectivity index (χ1n) is 16.2. The number of hydrogen-bond acceptors (Lipinski definition) is 1. The number of rotatable bonds is 3. The van der Waals surface area contributed by atoms with Gasteiger partial charge in [-0.1, -0.05) is 146 Å². The molecule has 218 valence electrons. The fourth-order valence-corrected chi connectivity index (χ4v) is 7.75. The van der Waals surface area contributed by atoms with Crippen LogP contribution in [0.1, 0.15) is 0 Å². The van der Waals surface area contributed by atoms with E-state index >= 15 is 0 Å². The zero-order valence-electron chi connectivity index (χ0n) is 25.6. The van der Waals surface area contributed by atoms with E-state index in [0.29, 0.717) is 0 Å². The Morgan fingerprint density at radius 3 is 1.55 bits per heavy atom. The average molecular weight is 597 g/mol. The molecule has 0 N–H and O–H groups in total. The average Bonchev–Trinajstić information content (AvgIpc) is 3.51. The van der Waals surface area contributed by atoms with Gasteiger partial charge in [-0.15, -0.1) is 0 Å². The van der Waals surface area contributed by atoms with Crippen molar-refractivity contribution in [3.05, 3.63) is 170 Å². The number of hydrogen-bond donors (Lipinski definition) is 0. The van der Waals surface area contributed by atoms with Crippen LogP contribution in [-0.4, -0.2) is 0 Å². The normalized spacial score (nSPS) is 11.8. The first-order chi connectivity index (χ1) is 23.3. The lowest BCUT2D eigenvalue weighted by atomic mass is 9.83. The summed E-state index contributed by atoms with van der Waals surface area (Å²) in [6.45, 7) is 0. The molecule has 0 aliphatic carbocycles. The highest BCUT2D eigenvalue weighted by atomic mass is 16.3. The molecule has 0 atom stereocenters. The minimum absolute atomic E-state index is 0.910. The van der Waals surface area contributed by atoms with Crippen molar-refractivity contribution in [2.45, 2.75) is 0 Å². The summed E-state index contributed by atoms with van der Waals surface area (Å²) in [5.74, 6) is 0. The second-order valence-corrected chi connectivity index (χ2v) is 12.4. The zero-order chi connectivity index (χ0) is 30.9. The monoisotopic (exact) mass is 596 g/mol. The predicted molar refractivity (Wildman–Crippen MR) is 200 cm³/mol. The molecule has 0 bridgehead atoms. The highest BCUT2D eigenvalue weighted by Crippen LogP contribution is 2.47. The molecule has 0 saturated heterocycles. The van der Waals surface area contributed by atoms with Gasteiger partial charge in [0.15, 0.2) is 0 Å². The molecule has 47 heavy (non-hydrogen) atoms. The molecule has 0 radical (unpaired) electrons. The van der Waals surface area contributed by atoms with Crippen molar-refractivity contribution in [3.8, 4) is 33.4 Å². The molecule has 0 fully saturated rings. The molecular weight excluding hydrogens is 569 g/mol. The van der Waals surface area contributed by atoms with E-state index in [2.05, 4.69) is 164 Å². The molecule has 0 spiro atoms. The molecule has 0 unspecified atom stereocenters. The van der Waals surface area contributed by atoms with Crippen LogP contribution in [-0.2, 0) is 0 Å². The van der Waals surface area contributed by atoms with Gasteiger partial charge in [0.2, 0.25) is 0 Å². The Kier molecular flexibility index (Phi) is 5.64. The van der Waals surface area contributed by atoms with E-state index < -0.39 is 0 Å². The van der Waals surface area contributed by atoms with Crippen LogP contribution in [0.4, 0.5) is 0 Å². The summed E-state index contributed by atoms with van der Waals surface area (Å²) < 4.78 is 6.25. The Balaban J connectivity index is 1.36. The van der Waals surface area contributed by atoms with Gasteiger partial charge >= 0.3 is 0 Å². The van der Waals surface area contributed by atoms with Crippen molar-refractivity contribution >= 4 is 65.0 Å². The van der Waals surface area contributed by atoms with Crippen LogP contribution in [0.2, 0.25) is 0 Å². The van der Waals surface area contributed by atoms with Crippen molar-refractivity contribution in [2.75, 3.05) is 0 Å². The molecule has 9 aromatic carbocycles. The third-order valence-corrected chi connectivity index (χ3v) is 9.85. The third-order valence-electron chi connectivity index (χ3n) is 9.85. The number of benzene rings is 9. The molecule has 1 heterocycles. The molecule has 0 aliphatic rings. The summed E-state index contributed by atoms with van der Waals surface area (Å²) in [6, 6.07) is 61.7. The summed E-state index contributed by atoms with van der Waals surface area (Å²) in [4.78, 5) is 0. The second kappa shape index (κ2) is 10.2. The van der Waals surface area contributed by atoms with Crippen molar-refractivity contribution in [3.63, 3.8) is 0 Å². The van der Waals surface area contributed by atoms with Crippen LogP contribution in [0.3, 0.4) is 0 Å². The van der Waals surface area contributed by atoms with Gasteiger partial charge in [-0.2, -0.15) is 0 Å². The summed E-state index contributed by atoms with van der Waals surface area (Å²) >= 11 is 0. The van der Waals surface area contributed by atoms with Gasteiger partial charge in [-0.05, 0) is 101 Å². The van der Waals surface area contributed by atoms with Crippen LogP contribution in [0.15, 0.2) is 174 Å². The van der Waals surface area contributed by atoms with Crippen molar-refractivity contribution in [2.24, 2.45) is 0 Å². The zero-order valence-corrected chi connectivity index (χ0v) is 25.6. The molecule has 1 aromatic heterocycles. The minimum Gasteiger partial charge on any atom is -0.456 e. The molecule has 10 aromatic rings. The lowest BCUT2D eigenvalue weighted by Gasteiger charge is -2.20. The maximum atomic E-state index is 6.25. The van der Waals surface area contributed by atoms with Crippen LogP contribution in [0, 0.1) is 0 Å². The highest BCUT2D eigenvalue weighted by molar-refractivity contribution is 6.24. The SMILES string of the molecule is c1ccc2c(-c3ccc4c(-c5cccc6ccccc56)c5ccccc5c(-c5ccc6oc7ccccc7c6c5)c4c3)cccc2c1. The molecule has 1 heteroatoms. The van der Waals surface area contributed by atoms with E-state index in [1.165, 1.54) is 76.5 Å². The number of furan rings is 1. The highest BCUT2D eigenvalue weighted by Gasteiger charge is 2.20. The smallest absolute Gasteiger partial charge is 0.135 e. The van der Waals surface area contributed by atoms with Gasteiger partial charge in [0.1, 0.15) is 11.2 Å². The molecule has 0 saturated carbocycles. The van der Waals surface area contributed by atoms with Gasteiger partial charge in [0.25, 0.3) is 0 Å². The van der Waals surface area contributed by atoms with Gasteiger partial charge in [-0.3, -0.25) is 0 Å². The van der Waals surface area contributed by atoms with Crippen molar-refractivity contribution in [1.82, 2.24) is 0 Å². The van der Waals surface area contributed by atoms with Crippen LogP contribution >= 0.6 is 0 Å². The fourth-order valence-electron chi connectivity index (χ4n) is 7.75. The summed E-state index contributed by atoms with van der Waals surface area (Å²) in [5, 5.41) is 12.3. The van der Waals surface area contributed by atoms with E-state index in [-0.39, 0.29) is 0 Å². The number of para-hydroxylation sites is 1. The minimum atomic E-state index is 0.910. The van der Waals surface area contributed by atoms with Crippen LogP contribution in [0.5, 0.6) is 0 Å². The molecule has 0 aliphatic heterocycles. The van der Waals surface area contributed by atoms with Crippen LogP contribution in [0.25, 0.3) is 98.4 Å². The largest absolute Gasteiger partial charge is 0.456 e. The maximum Gasteiger partial charge on any atom is 0.135 e. The maximum absolute atomic E-state index is 6.25. The topological polar surface area (TPSA) is 13.1 Å².